The van der Waals surface area contributed by atoms with E-state index in [0.717, 1.165) is 12.0 Å². The standard InChI is InChI=1S/C10H14O2/c1-5-6-4-7(10(6,2)3)9(12)8(5)11/h6-7,11H,4H2,1-3H3/t6-,7+/m0/s1. The second-order valence-electron chi connectivity index (χ2n) is 4.56. The lowest BCUT2D eigenvalue weighted by atomic mass is 9.48. The number of allylic oxidation sites excluding steroid dienone is 2. The lowest BCUT2D eigenvalue weighted by Gasteiger charge is -2.55. The minimum absolute atomic E-state index is 0.0376. The molecule has 66 valence electrons. The third-order valence-corrected chi connectivity index (χ3v) is 3.71. The molecule has 0 aromatic rings. The first-order valence-corrected chi connectivity index (χ1v) is 4.40. The average molecular weight is 166 g/mol. The van der Waals surface area contributed by atoms with Crippen molar-refractivity contribution >= 4 is 5.78 Å². The van der Waals surface area contributed by atoms with E-state index in [1.165, 1.54) is 0 Å². The van der Waals surface area contributed by atoms with Gasteiger partial charge in [0.1, 0.15) is 0 Å². The van der Waals surface area contributed by atoms with Crippen LogP contribution in [0.4, 0.5) is 0 Å². The lowest BCUT2D eigenvalue weighted by molar-refractivity contribution is -0.139. The second-order valence-corrected chi connectivity index (χ2v) is 4.56. The van der Waals surface area contributed by atoms with Gasteiger partial charge < -0.3 is 5.11 Å². The van der Waals surface area contributed by atoms with E-state index in [2.05, 4.69) is 13.8 Å². The molecule has 2 nitrogen and oxygen atoms in total. The molecule has 0 unspecified atom stereocenters. The minimum Gasteiger partial charge on any atom is -0.504 e. The summed E-state index contributed by atoms with van der Waals surface area (Å²) in [6, 6.07) is 0. The Bertz CT molecular complexity index is 286. The van der Waals surface area contributed by atoms with Crippen LogP contribution >= 0.6 is 0 Å². The highest BCUT2D eigenvalue weighted by Crippen LogP contribution is 2.58. The van der Waals surface area contributed by atoms with Gasteiger partial charge in [0.05, 0.1) is 0 Å². The van der Waals surface area contributed by atoms with Crippen molar-refractivity contribution in [3.05, 3.63) is 11.3 Å². The molecule has 0 aromatic carbocycles. The number of fused-ring (bicyclic) bond motifs is 1. The number of hydrogen-bond acceptors (Lipinski definition) is 2. The summed E-state index contributed by atoms with van der Waals surface area (Å²) in [6.07, 6.45) is 0.946. The summed E-state index contributed by atoms with van der Waals surface area (Å²) in [4.78, 5) is 11.5. The van der Waals surface area contributed by atoms with Gasteiger partial charge in [-0.3, -0.25) is 4.79 Å². The average Bonchev–Trinajstić information content (AvgIpc) is 1.98. The van der Waals surface area contributed by atoms with Crippen molar-refractivity contribution in [3.63, 3.8) is 0 Å². The molecule has 3 aliphatic rings. The number of hydrogen-bond donors (Lipinski definition) is 1. The molecule has 1 fully saturated rings. The fourth-order valence-electron chi connectivity index (χ4n) is 2.63. The van der Waals surface area contributed by atoms with Crippen LogP contribution in [0, 0.1) is 17.3 Å². The monoisotopic (exact) mass is 166 g/mol. The van der Waals surface area contributed by atoms with Crippen LogP contribution in [0.1, 0.15) is 27.2 Å². The summed E-state index contributed by atoms with van der Waals surface area (Å²) in [5.41, 5.74) is 0.987. The van der Waals surface area contributed by atoms with Gasteiger partial charge in [-0.1, -0.05) is 13.8 Å². The fourth-order valence-corrected chi connectivity index (χ4v) is 2.63. The largest absolute Gasteiger partial charge is 0.504 e. The SMILES string of the molecule is CC1=C(O)C(=O)[C@H]2C[C@@H]1C2(C)C. The first kappa shape index (κ1) is 7.84. The van der Waals surface area contributed by atoms with Gasteiger partial charge in [-0.15, -0.1) is 0 Å². The number of ketones is 1. The van der Waals surface area contributed by atoms with Gasteiger partial charge in [-0.25, -0.2) is 0 Å². The molecule has 3 rings (SSSR count). The third-order valence-electron chi connectivity index (χ3n) is 3.71. The second kappa shape index (κ2) is 1.93. The van der Waals surface area contributed by atoms with Gasteiger partial charge in [0.15, 0.2) is 5.76 Å². The number of carbonyl (C=O) groups is 1. The van der Waals surface area contributed by atoms with Gasteiger partial charge in [0, 0.05) is 5.92 Å². The minimum atomic E-state index is -0.0417. The maximum Gasteiger partial charge on any atom is 0.200 e. The Morgan fingerprint density at radius 3 is 2.42 bits per heavy atom. The van der Waals surface area contributed by atoms with Crippen LogP contribution in [-0.2, 0) is 4.79 Å². The van der Waals surface area contributed by atoms with E-state index in [9.17, 15) is 9.90 Å². The van der Waals surface area contributed by atoms with Crippen LogP contribution in [0.5, 0.6) is 0 Å². The van der Waals surface area contributed by atoms with E-state index in [0.29, 0.717) is 5.92 Å². The number of Topliss-reactive ketones (excluding diaryl/α,β-unsaturated/α-hetero) is 1. The number of carbonyl (C=O) groups excluding carboxylic acids is 1. The topological polar surface area (TPSA) is 37.3 Å². The molecule has 0 radical (unpaired) electrons. The Labute approximate surface area is 72.3 Å². The highest BCUT2D eigenvalue weighted by Gasteiger charge is 2.57. The summed E-state index contributed by atoms with van der Waals surface area (Å²) in [6.45, 7) is 6.09. The van der Waals surface area contributed by atoms with Crippen molar-refractivity contribution in [2.45, 2.75) is 27.2 Å². The van der Waals surface area contributed by atoms with Crippen LogP contribution in [0.3, 0.4) is 0 Å². The first-order chi connectivity index (χ1) is 5.46. The van der Waals surface area contributed by atoms with Gasteiger partial charge in [-0.05, 0) is 30.3 Å². The molecule has 0 heterocycles. The predicted molar refractivity (Wildman–Crippen MR) is 45.7 cm³/mol. The Kier molecular flexibility index (Phi) is 1.26. The number of aliphatic hydroxyl groups excluding tert-OH is 1. The van der Waals surface area contributed by atoms with Crippen molar-refractivity contribution in [2.24, 2.45) is 17.3 Å². The zero-order valence-electron chi connectivity index (χ0n) is 7.72. The smallest absolute Gasteiger partial charge is 0.200 e. The van der Waals surface area contributed by atoms with Crippen molar-refractivity contribution in [1.82, 2.24) is 0 Å². The van der Waals surface area contributed by atoms with Gasteiger partial charge in [0.2, 0.25) is 5.78 Å². The maximum absolute atomic E-state index is 11.5. The van der Waals surface area contributed by atoms with Crippen LogP contribution in [-0.4, -0.2) is 10.9 Å². The summed E-state index contributed by atoms with van der Waals surface area (Å²) < 4.78 is 0. The summed E-state index contributed by atoms with van der Waals surface area (Å²) in [5, 5.41) is 9.41. The number of aliphatic hydroxyl groups is 1. The Morgan fingerprint density at radius 2 is 2.00 bits per heavy atom. The van der Waals surface area contributed by atoms with Crippen molar-refractivity contribution in [1.29, 1.82) is 0 Å². The normalized spacial score (nSPS) is 38.1. The molecule has 0 spiro atoms. The van der Waals surface area contributed by atoms with E-state index >= 15 is 0 Å². The molecule has 0 amide bonds. The van der Waals surface area contributed by atoms with E-state index in [1.807, 2.05) is 6.92 Å². The van der Waals surface area contributed by atoms with Gasteiger partial charge >= 0.3 is 0 Å². The molecule has 3 aliphatic carbocycles. The van der Waals surface area contributed by atoms with Gasteiger partial charge in [-0.2, -0.15) is 0 Å². The summed E-state index contributed by atoms with van der Waals surface area (Å²) >= 11 is 0. The molecule has 2 heteroatoms. The molecule has 0 saturated heterocycles. The van der Waals surface area contributed by atoms with E-state index in [-0.39, 0.29) is 22.9 Å². The molecule has 1 N–H and O–H groups in total. The Hall–Kier alpha value is -0.790. The molecular weight excluding hydrogens is 152 g/mol. The van der Waals surface area contributed by atoms with Crippen molar-refractivity contribution in [2.75, 3.05) is 0 Å². The van der Waals surface area contributed by atoms with Crippen molar-refractivity contribution in [3.8, 4) is 0 Å². The highest BCUT2D eigenvalue weighted by atomic mass is 16.3. The molecule has 1 saturated carbocycles. The third kappa shape index (κ3) is 0.637. The number of rotatable bonds is 0. The predicted octanol–water partition coefficient (Wildman–Crippen LogP) is 2.06. The van der Waals surface area contributed by atoms with Crippen LogP contribution in [0.25, 0.3) is 0 Å². The summed E-state index contributed by atoms with van der Waals surface area (Å²) in [5.74, 6) is 0.502. The fraction of sp³-hybridized carbons (Fsp3) is 0.700. The quantitative estimate of drug-likeness (QED) is 0.598. The lowest BCUT2D eigenvalue weighted by Crippen LogP contribution is -2.53. The zero-order chi connectivity index (χ0) is 9.09. The Balaban J connectivity index is 2.48. The van der Waals surface area contributed by atoms with Crippen LogP contribution in [0.15, 0.2) is 11.3 Å². The molecule has 2 bridgehead atoms. The van der Waals surface area contributed by atoms with Crippen LogP contribution < -0.4 is 0 Å². The first-order valence-electron chi connectivity index (χ1n) is 4.40. The Morgan fingerprint density at radius 1 is 1.42 bits per heavy atom. The maximum atomic E-state index is 11.5. The summed E-state index contributed by atoms with van der Waals surface area (Å²) in [7, 11) is 0. The highest BCUT2D eigenvalue weighted by molar-refractivity contribution is 5.98. The molecule has 0 aliphatic heterocycles. The van der Waals surface area contributed by atoms with Gasteiger partial charge in [0.25, 0.3) is 0 Å². The van der Waals surface area contributed by atoms with E-state index in [4.69, 9.17) is 0 Å². The van der Waals surface area contributed by atoms with Crippen LogP contribution in [0.2, 0.25) is 0 Å². The molecule has 12 heavy (non-hydrogen) atoms. The molecule has 0 aromatic heterocycles. The van der Waals surface area contributed by atoms with E-state index < -0.39 is 0 Å². The van der Waals surface area contributed by atoms with Crippen molar-refractivity contribution < 1.29 is 9.90 Å². The molecule has 2 atom stereocenters. The van der Waals surface area contributed by atoms with E-state index in [1.54, 1.807) is 0 Å². The molecular formula is C10H14O2. The zero-order valence-corrected chi connectivity index (χ0v) is 7.72.